The number of hydrogen-bond donors (Lipinski definition) is 0. The van der Waals surface area contributed by atoms with Crippen LogP contribution in [0.25, 0.3) is 0 Å². The molecule has 1 saturated carbocycles. The zero-order valence-corrected chi connectivity index (χ0v) is 11.9. The van der Waals surface area contributed by atoms with E-state index in [2.05, 4.69) is 0 Å². The first-order valence-corrected chi connectivity index (χ1v) is 6.56. The highest BCUT2D eigenvalue weighted by Crippen LogP contribution is 2.47. The predicted molar refractivity (Wildman–Crippen MR) is 73.5 cm³/mol. The molecule has 1 fully saturated rings. The second-order valence-electron chi connectivity index (χ2n) is 4.81. The summed E-state index contributed by atoms with van der Waals surface area (Å²) >= 11 is 0. The van der Waals surface area contributed by atoms with Crippen molar-refractivity contribution in [3.8, 4) is 17.2 Å². The molecule has 6 heteroatoms. The Labute approximate surface area is 117 Å². The fraction of sp³-hybridized carbons (Fsp3) is 0.571. The Kier molecular flexibility index (Phi) is 4.32. The Morgan fingerprint density at radius 1 is 1.10 bits per heavy atom. The normalized spacial score (nSPS) is 21.6. The molecule has 0 bridgehead atoms. The van der Waals surface area contributed by atoms with E-state index >= 15 is 0 Å². The van der Waals surface area contributed by atoms with Crippen molar-refractivity contribution >= 4 is 0 Å². The third-order valence-electron chi connectivity index (χ3n) is 3.88. The summed E-state index contributed by atoms with van der Waals surface area (Å²) in [7, 11) is 4.62. The summed E-state index contributed by atoms with van der Waals surface area (Å²) in [6.45, 7) is 0. The van der Waals surface area contributed by atoms with E-state index < -0.39 is 6.04 Å². The molecule has 1 aliphatic rings. The van der Waals surface area contributed by atoms with Crippen LogP contribution in [0.1, 0.15) is 30.7 Å². The number of methoxy groups -OCH3 is 3. The molecule has 1 aromatic rings. The number of nitrogens with zero attached hydrogens (tertiary/aromatic N) is 1. The Balaban J connectivity index is 2.48. The van der Waals surface area contributed by atoms with Gasteiger partial charge in [-0.25, -0.2) is 0 Å². The number of ether oxygens (including phenoxy) is 3. The van der Waals surface area contributed by atoms with Crippen LogP contribution in [0.3, 0.4) is 0 Å². The third-order valence-corrected chi connectivity index (χ3v) is 3.88. The lowest BCUT2D eigenvalue weighted by Gasteiger charge is -2.20. The molecule has 0 radical (unpaired) electrons. The van der Waals surface area contributed by atoms with Crippen molar-refractivity contribution in [2.75, 3.05) is 21.3 Å². The number of nitro groups is 1. The lowest BCUT2D eigenvalue weighted by Crippen LogP contribution is -2.22. The monoisotopic (exact) mass is 281 g/mol. The smallest absolute Gasteiger partial charge is 0.220 e. The molecule has 0 aliphatic heterocycles. The van der Waals surface area contributed by atoms with Gasteiger partial charge in [0.05, 0.1) is 27.2 Å². The Morgan fingerprint density at radius 3 is 2.35 bits per heavy atom. The van der Waals surface area contributed by atoms with Crippen molar-refractivity contribution < 1.29 is 19.1 Å². The van der Waals surface area contributed by atoms with Crippen molar-refractivity contribution in [1.82, 2.24) is 0 Å². The van der Waals surface area contributed by atoms with Gasteiger partial charge < -0.3 is 14.2 Å². The van der Waals surface area contributed by atoms with Crippen LogP contribution in [0, 0.1) is 10.1 Å². The van der Waals surface area contributed by atoms with E-state index in [1.807, 2.05) is 6.07 Å². The van der Waals surface area contributed by atoms with Gasteiger partial charge >= 0.3 is 0 Å². The summed E-state index contributed by atoms with van der Waals surface area (Å²) in [5.41, 5.74) is 0.823. The molecule has 1 aromatic carbocycles. The number of hydrogen-bond acceptors (Lipinski definition) is 5. The first-order chi connectivity index (χ1) is 9.63. The SMILES string of the molecule is COc1ccc(C2CCCC2[N+](=O)[O-])c(OC)c1OC. The van der Waals surface area contributed by atoms with Gasteiger partial charge in [-0.15, -0.1) is 0 Å². The van der Waals surface area contributed by atoms with E-state index in [-0.39, 0.29) is 10.8 Å². The van der Waals surface area contributed by atoms with Crippen molar-refractivity contribution in [2.45, 2.75) is 31.2 Å². The Hall–Kier alpha value is -1.98. The minimum absolute atomic E-state index is 0.139. The molecule has 0 N–H and O–H groups in total. The van der Waals surface area contributed by atoms with Crippen molar-refractivity contribution in [3.63, 3.8) is 0 Å². The summed E-state index contributed by atoms with van der Waals surface area (Å²) in [6, 6.07) is 3.06. The average molecular weight is 281 g/mol. The average Bonchev–Trinajstić information content (AvgIpc) is 2.94. The first-order valence-electron chi connectivity index (χ1n) is 6.56. The van der Waals surface area contributed by atoms with E-state index in [4.69, 9.17) is 14.2 Å². The molecule has 0 saturated heterocycles. The van der Waals surface area contributed by atoms with Crippen LogP contribution in [0.4, 0.5) is 0 Å². The molecule has 2 unspecified atom stereocenters. The first kappa shape index (κ1) is 14.4. The lowest BCUT2D eigenvalue weighted by atomic mass is 9.93. The minimum Gasteiger partial charge on any atom is -0.493 e. The molecule has 0 amide bonds. The van der Waals surface area contributed by atoms with E-state index in [0.717, 1.165) is 18.4 Å². The molecule has 6 nitrogen and oxygen atoms in total. The summed E-state index contributed by atoms with van der Waals surface area (Å²) in [4.78, 5) is 11.0. The molecule has 0 aromatic heterocycles. The molecule has 20 heavy (non-hydrogen) atoms. The van der Waals surface area contributed by atoms with Crippen LogP contribution in [-0.4, -0.2) is 32.3 Å². The van der Waals surface area contributed by atoms with E-state index in [0.29, 0.717) is 23.7 Å². The maximum absolute atomic E-state index is 11.2. The van der Waals surface area contributed by atoms with Crippen LogP contribution >= 0.6 is 0 Å². The zero-order chi connectivity index (χ0) is 14.7. The summed E-state index contributed by atoms with van der Waals surface area (Å²) in [5, 5.41) is 11.2. The topological polar surface area (TPSA) is 70.8 Å². The van der Waals surface area contributed by atoms with Gasteiger partial charge in [0.15, 0.2) is 11.5 Å². The van der Waals surface area contributed by atoms with E-state index in [1.165, 1.54) is 14.2 Å². The minimum atomic E-state index is -0.554. The standard InChI is InChI=1S/C14H19NO5/c1-18-12-8-7-10(13(19-2)14(12)20-3)9-5-4-6-11(9)15(16)17/h7-9,11H,4-6H2,1-3H3. The Morgan fingerprint density at radius 2 is 1.80 bits per heavy atom. The molecule has 0 spiro atoms. The van der Waals surface area contributed by atoms with Crippen molar-refractivity contribution in [2.24, 2.45) is 0 Å². The van der Waals surface area contributed by atoms with Gasteiger partial charge in [-0.3, -0.25) is 10.1 Å². The molecule has 110 valence electrons. The Bertz CT molecular complexity index is 503. The molecular formula is C14H19NO5. The summed E-state index contributed by atoms with van der Waals surface area (Å²) < 4.78 is 16.0. The van der Waals surface area contributed by atoms with Gasteiger partial charge in [0.1, 0.15) is 0 Å². The number of rotatable bonds is 5. The molecular weight excluding hydrogens is 262 g/mol. The fourth-order valence-electron chi connectivity index (χ4n) is 2.97. The highest BCUT2D eigenvalue weighted by atomic mass is 16.6. The largest absolute Gasteiger partial charge is 0.493 e. The second-order valence-corrected chi connectivity index (χ2v) is 4.81. The fourth-order valence-corrected chi connectivity index (χ4v) is 2.97. The van der Waals surface area contributed by atoms with Gasteiger partial charge in [0.2, 0.25) is 11.8 Å². The number of benzene rings is 1. The third kappa shape index (κ3) is 2.37. The van der Waals surface area contributed by atoms with Gasteiger partial charge in [0.25, 0.3) is 0 Å². The van der Waals surface area contributed by atoms with Crippen LogP contribution in [-0.2, 0) is 0 Å². The summed E-state index contributed by atoms with van der Waals surface area (Å²) in [5.74, 6) is 1.44. The highest BCUT2D eigenvalue weighted by molar-refractivity contribution is 5.57. The highest BCUT2D eigenvalue weighted by Gasteiger charge is 2.39. The van der Waals surface area contributed by atoms with Gasteiger partial charge in [0, 0.05) is 16.9 Å². The molecule has 0 heterocycles. The second kappa shape index (κ2) is 5.98. The van der Waals surface area contributed by atoms with Gasteiger partial charge in [-0.2, -0.15) is 0 Å². The zero-order valence-electron chi connectivity index (χ0n) is 11.9. The quantitative estimate of drug-likeness (QED) is 0.613. The predicted octanol–water partition coefficient (Wildman–Crippen LogP) is 2.63. The maximum Gasteiger partial charge on any atom is 0.220 e. The lowest BCUT2D eigenvalue weighted by molar-refractivity contribution is -0.523. The van der Waals surface area contributed by atoms with Gasteiger partial charge in [-0.1, -0.05) is 6.07 Å². The maximum atomic E-state index is 11.2. The van der Waals surface area contributed by atoms with E-state index in [9.17, 15) is 10.1 Å². The van der Waals surface area contributed by atoms with Crippen LogP contribution in [0.5, 0.6) is 17.2 Å². The molecule has 1 aliphatic carbocycles. The summed E-state index contributed by atoms with van der Waals surface area (Å²) in [6.07, 6.45) is 2.25. The van der Waals surface area contributed by atoms with Crippen LogP contribution < -0.4 is 14.2 Å². The molecule has 2 rings (SSSR count). The van der Waals surface area contributed by atoms with Crippen LogP contribution in [0.15, 0.2) is 12.1 Å². The van der Waals surface area contributed by atoms with Gasteiger partial charge in [-0.05, 0) is 18.9 Å². The van der Waals surface area contributed by atoms with Crippen molar-refractivity contribution in [1.29, 1.82) is 0 Å². The molecule has 2 atom stereocenters. The van der Waals surface area contributed by atoms with E-state index in [1.54, 1.807) is 13.2 Å². The van der Waals surface area contributed by atoms with Crippen molar-refractivity contribution in [3.05, 3.63) is 27.8 Å². The van der Waals surface area contributed by atoms with Crippen LogP contribution in [0.2, 0.25) is 0 Å².